The number of imide groups is 1. The Morgan fingerprint density at radius 1 is 0.710 bits per heavy atom. The Labute approximate surface area is 181 Å². The summed E-state index contributed by atoms with van der Waals surface area (Å²) in [5.74, 6) is -1.34. The Bertz CT molecular complexity index is 1110. The Balaban J connectivity index is 2.37. The van der Waals surface area contributed by atoms with E-state index in [0.29, 0.717) is 34.0 Å². The fourth-order valence-electron chi connectivity index (χ4n) is 3.93. The summed E-state index contributed by atoms with van der Waals surface area (Å²) >= 11 is 0. The van der Waals surface area contributed by atoms with E-state index in [1.807, 2.05) is 37.2 Å². The minimum absolute atomic E-state index is 0.217. The molecule has 8 nitrogen and oxygen atoms in total. The van der Waals surface area contributed by atoms with E-state index in [0.717, 1.165) is 10.6 Å². The van der Waals surface area contributed by atoms with E-state index < -0.39 is 11.8 Å². The van der Waals surface area contributed by atoms with Gasteiger partial charge in [-0.05, 0) is 42.8 Å². The van der Waals surface area contributed by atoms with Crippen LogP contribution in [0.4, 0.5) is 34.1 Å². The average Bonchev–Trinajstić information content (AvgIpc) is 2.65. The van der Waals surface area contributed by atoms with Gasteiger partial charge in [0.15, 0.2) is 0 Å². The number of hydrogen-bond acceptors (Lipinski definition) is 5. The highest BCUT2D eigenvalue weighted by atomic mass is 16.2. The lowest BCUT2D eigenvalue weighted by Gasteiger charge is -2.39. The Morgan fingerprint density at radius 2 is 1.19 bits per heavy atom. The molecule has 0 aromatic heterocycles. The van der Waals surface area contributed by atoms with Crippen molar-refractivity contribution in [2.75, 3.05) is 33.7 Å². The Kier molecular flexibility index (Phi) is 5.59. The van der Waals surface area contributed by atoms with Crippen LogP contribution in [0.2, 0.25) is 0 Å². The zero-order chi connectivity index (χ0) is 23.2. The number of aryl methyl sites for hydroxylation is 1. The van der Waals surface area contributed by atoms with Crippen molar-refractivity contribution in [2.24, 2.45) is 0 Å². The molecule has 8 heteroatoms. The number of rotatable bonds is 2. The van der Waals surface area contributed by atoms with Gasteiger partial charge in [-0.25, -0.2) is 0 Å². The largest absolute Gasteiger partial charge is 0.378 e. The zero-order valence-electron chi connectivity index (χ0n) is 18.8. The van der Waals surface area contributed by atoms with E-state index in [1.165, 1.54) is 32.6 Å². The first-order chi connectivity index (χ1) is 14.5. The summed E-state index contributed by atoms with van der Waals surface area (Å²) in [5, 5.41) is 0. The molecule has 3 rings (SSSR count). The number of anilines is 6. The third-order valence-electron chi connectivity index (χ3n) is 5.23. The molecule has 0 saturated carbocycles. The summed E-state index contributed by atoms with van der Waals surface area (Å²) in [4.78, 5) is 55.8. The number of fused-ring (bicyclic) bond motifs is 2. The van der Waals surface area contributed by atoms with Gasteiger partial charge in [0, 0.05) is 47.5 Å². The minimum Gasteiger partial charge on any atom is -0.378 e. The molecule has 0 aliphatic carbocycles. The maximum absolute atomic E-state index is 12.8. The molecular formula is C23H26N4O4. The van der Waals surface area contributed by atoms with Crippen molar-refractivity contribution < 1.29 is 19.2 Å². The molecule has 1 aliphatic heterocycles. The average molecular weight is 422 g/mol. The minimum atomic E-state index is -0.431. The van der Waals surface area contributed by atoms with Crippen molar-refractivity contribution in [3.05, 3.63) is 35.9 Å². The van der Waals surface area contributed by atoms with Crippen LogP contribution in [0.3, 0.4) is 0 Å². The van der Waals surface area contributed by atoms with Gasteiger partial charge in [0.25, 0.3) is 0 Å². The topological polar surface area (TPSA) is 81.2 Å². The van der Waals surface area contributed by atoms with Crippen LogP contribution < -0.4 is 19.6 Å². The summed E-state index contributed by atoms with van der Waals surface area (Å²) in [6, 6.07) is 8.88. The van der Waals surface area contributed by atoms with E-state index >= 15 is 0 Å². The smallest absolute Gasteiger partial charge is 0.230 e. The van der Waals surface area contributed by atoms with E-state index in [2.05, 4.69) is 0 Å². The maximum Gasteiger partial charge on any atom is 0.230 e. The number of amides is 4. The lowest BCUT2D eigenvalue weighted by molar-refractivity contribution is -0.124. The van der Waals surface area contributed by atoms with Gasteiger partial charge in [0.05, 0.1) is 28.4 Å². The van der Waals surface area contributed by atoms with Crippen LogP contribution in [-0.2, 0) is 19.2 Å². The van der Waals surface area contributed by atoms with Crippen LogP contribution in [0.1, 0.15) is 33.3 Å². The SMILES string of the molecule is CC(=O)N(C(C)=O)c1cc2c(cc1C)N(C(C)=O)c1ccc(N(C)C)cc1N2C(C)=O. The second-order valence-electron chi connectivity index (χ2n) is 7.78. The van der Waals surface area contributed by atoms with Crippen molar-refractivity contribution in [1.82, 2.24) is 0 Å². The summed E-state index contributed by atoms with van der Waals surface area (Å²) < 4.78 is 0. The lowest BCUT2D eigenvalue weighted by atomic mass is 10.0. The molecule has 0 saturated heterocycles. The van der Waals surface area contributed by atoms with Gasteiger partial charge >= 0.3 is 0 Å². The first-order valence-corrected chi connectivity index (χ1v) is 9.84. The van der Waals surface area contributed by atoms with Crippen LogP contribution in [0.5, 0.6) is 0 Å². The van der Waals surface area contributed by atoms with E-state index in [4.69, 9.17) is 0 Å². The first-order valence-electron chi connectivity index (χ1n) is 9.84. The van der Waals surface area contributed by atoms with E-state index in [1.54, 1.807) is 24.0 Å². The number of hydrogen-bond donors (Lipinski definition) is 0. The Morgan fingerprint density at radius 3 is 1.68 bits per heavy atom. The molecule has 4 amide bonds. The van der Waals surface area contributed by atoms with Crippen molar-refractivity contribution >= 4 is 57.8 Å². The molecule has 0 bridgehead atoms. The highest BCUT2D eigenvalue weighted by molar-refractivity contribution is 6.18. The first kappa shape index (κ1) is 22.0. The van der Waals surface area contributed by atoms with Crippen LogP contribution in [0.15, 0.2) is 30.3 Å². The van der Waals surface area contributed by atoms with Crippen LogP contribution in [0, 0.1) is 6.92 Å². The van der Waals surface area contributed by atoms with Crippen LogP contribution >= 0.6 is 0 Å². The van der Waals surface area contributed by atoms with Gasteiger partial charge in [-0.15, -0.1) is 0 Å². The monoisotopic (exact) mass is 422 g/mol. The summed E-state index contributed by atoms with van der Waals surface area (Å²) in [6.07, 6.45) is 0. The molecule has 0 radical (unpaired) electrons. The van der Waals surface area contributed by atoms with Crippen LogP contribution in [0.25, 0.3) is 0 Å². The zero-order valence-corrected chi connectivity index (χ0v) is 18.8. The molecule has 162 valence electrons. The highest BCUT2D eigenvalue weighted by Gasteiger charge is 2.35. The lowest BCUT2D eigenvalue weighted by Crippen LogP contribution is -2.37. The maximum atomic E-state index is 12.8. The van der Waals surface area contributed by atoms with Gasteiger partial charge in [0.2, 0.25) is 23.6 Å². The van der Waals surface area contributed by atoms with Gasteiger partial charge in [-0.3, -0.25) is 33.9 Å². The summed E-state index contributed by atoms with van der Waals surface area (Å²) in [7, 11) is 3.77. The molecule has 0 N–H and O–H groups in total. The molecule has 0 unspecified atom stereocenters. The normalized spacial score (nSPS) is 12.1. The molecular weight excluding hydrogens is 396 g/mol. The molecule has 1 aliphatic rings. The molecule has 0 atom stereocenters. The number of carbonyl (C=O) groups is 4. The predicted octanol–water partition coefficient (Wildman–Crippen LogP) is 3.64. The second-order valence-corrected chi connectivity index (χ2v) is 7.78. The number of nitrogens with zero attached hydrogens (tertiary/aromatic N) is 4. The van der Waals surface area contributed by atoms with Gasteiger partial charge < -0.3 is 4.90 Å². The van der Waals surface area contributed by atoms with Crippen molar-refractivity contribution in [1.29, 1.82) is 0 Å². The third-order valence-corrected chi connectivity index (χ3v) is 5.23. The van der Waals surface area contributed by atoms with Crippen molar-refractivity contribution in [2.45, 2.75) is 34.6 Å². The third kappa shape index (κ3) is 3.65. The summed E-state index contributed by atoms with van der Waals surface area (Å²) in [5.41, 5.74) is 3.95. The predicted molar refractivity (Wildman–Crippen MR) is 121 cm³/mol. The van der Waals surface area contributed by atoms with Gasteiger partial charge in [-0.2, -0.15) is 0 Å². The molecule has 0 spiro atoms. The van der Waals surface area contributed by atoms with Crippen LogP contribution in [-0.4, -0.2) is 37.7 Å². The van der Waals surface area contributed by atoms with Gasteiger partial charge in [0.1, 0.15) is 0 Å². The van der Waals surface area contributed by atoms with Gasteiger partial charge in [-0.1, -0.05) is 0 Å². The highest BCUT2D eigenvalue weighted by Crippen LogP contribution is 2.51. The molecule has 2 aromatic rings. The fraction of sp³-hybridized carbons (Fsp3) is 0.304. The molecule has 1 heterocycles. The molecule has 2 aromatic carbocycles. The quantitative estimate of drug-likeness (QED) is 0.738. The van der Waals surface area contributed by atoms with Crippen molar-refractivity contribution in [3.8, 4) is 0 Å². The standard InChI is InChI=1S/C23H26N4O4/c1-13-10-21-23(12-20(13)25(14(2)28)15(3)29)27(17(5)31)22-11-18(24(6)7)8-9-19(22)26(21)16(4)30/h8-12H,1-7H3. The number of benzene rings is 2. The second kappa shape index (κ2) is 7.86. The fourth-order valence-corrected chi connectivity index (χ4v) is 3.93. The summed E-state index contributed by atoms with van der Waals surface area (Å²) in [6.45, 7) is 7.27. The van der Waals surface area contributed by atoms with Crippen molar-refractivity contribution in [3.63, 3.8) is 0 Å². The number of carbonyl (C=O) groups excluding carboxylic acids is 4. The molecule has 31 heavy (non-hydrogen) atoms. The van der Waals surface area contributed by atoms with E-state index in [-0.39, 0.29) is 11.8 Å². The Hall–Kier alpha value is -3.68. The molecule has 0 fully saturated rings. The van der Waals surface area contributed by atoms with E-state index in [9.17, 15) is 19.2 Å².